The van der Waals surface area contributed by atoms with E-state index >= 15 is 0 Å². The van der Waals surface area contributed by atoms with Crippen molar-refractivity contribution >= 4 is 27.5 Å². The van der Waals surface area contributed by atoms with Crippen molar-refractivity contribution in [1.82, 2.24) is 5.32 Å². The zero-order valence-corrected chi connectivity index (χ0v) is 10.5. The standard InChI is InChI=1S/C11H13BrN2O2/c1-16-6-5-13-10-9-7(12)3-2-4-8(9)14-11(10)15/h2-4,10,13H,5-6H2,1H3,(H,14,15). The Morgan fingerprint density at radius 3 is 3.12 bits per heavy atom. The van der Waals surface area contributed by atoms with Crippen LogP contribution in [0.5, 0.6) is 0 Å². The number of carbonyl (C=O) groups is 1. The van der Waals surface area contributed by atoms with Gasteiger partial charge in [-0.25, -0.2) is 0 Å². The van der Waals surface area contributed by atoms with Gasteiger partial charge in [0.1, 0.15) is 6.04 Å². The molecule has 2 rings (SSSR count). The van der Waals surface area contributed by atoms with E-state index in [4.69, 9.17) is 4.74 Å². The Morgan fingerprint density at radius 1 is 1.56 bits per heavy atom. The molecular weight excluding hydrogens is 272 g/mol. The molecule has 0 aliphatic carbocycles. The third kappa shape index (κ3) is 2.11. The quantitative estimate of drug-likeness (QED) is 0.828. The fourth-order valence-electron chi connectivity index (χ4n) is 1.78. The van der Waals surface area contributed by atoms with Gasteiger partial charge in [0.05, 0.1) is 6.61 Å². The predicted octanol–water partition coefficient (Wildman–Crippen LogP) is 1.68. The highest BCUT2D eigenvalue weighted by molar-refractivity contribution is 9.10. The summed E-state index contributed by atoms with van der Waals surface area (Å²) in [5, 5.41) is 6.01. The van der Waals surface area contributed by atoms with E-state index in [2.05, 4.69) is 26.6 Å². The third-order valence-electron chi connectivity index (χ3n) is 2.52. The summed E-state index contributed by atoms with van der Waals surface area (Å²) in [6.45, 7) is 1.24. The minimum absolute atomic E-state index is 0.0157. The number of nitrogens with one attached hydrogen (secondary N) is 2. The van der Waals surface area contributed by atoms with Crippen LogP contribution in [0.15, 0.2) is 22.7 Å². The summed E-state index contributed by atoms with van der Waals surface area (Å²) in [7, 11) is 1.64. The first kappa shape index (κ1) is 11.6. The number of halogens is 1. The molecule has 1 unspecified atom stereocenters. The first-order valence-electron chi connectivity index (χ1n) is 5.05. The number of hydrogen-bond donors (Lipinski definition) is 2. The first-order valence-corrected chi connectivity index (χ1v) is 5.85. The molecule has 1 amide bonds. The van der Waals surface area contributed by atoms with Crippen LogP contribution in [0.25, 0.3) is 0 Å². The Kier molecular flexibility index (Phi) is 3.58. The molecule has 0 aromatic heterocycles. The average molecular weight is 285 g/mol. The monoisotopic (exact) mass is 284 g/mol. The van der Waals surface area contributed by atoms with Crippen molar-refractivity contribution in [2.24, 2.45) is 0 Å². The molecule has 5 heteroatoms. The van der Waals surface area contributed by atoms with Crippen molar-refractivity contribution in [1.29, 1.82) is 0 Å². The summed E-state index contributed by atoms with van der Waals surface area (Å²) >= 11 is 3.46. The zero-order valence-electron chi connectivity index (χ0n) is 8.92. The maximum absolute atomic E-state index is 11.7. The number of benzene rings is 1. The van der Waals surface area contributed by atoms with Gasteiger partial charge in [0.15, 0.2) is 0 Å². The van der Waals surface area contributed by atoms with Crippen molar-refractivity contribution < 1.29 is 9.53 Å². The Labute approximate surface area is 102 Å². The van der Waals surface area contributed by atoms with E-state index in [1.54, 1.807) is 7.11 Å². The van der Waals surface area contributed by atoms with Gasteiger partial charge in [0.25, 0.3) is 0 Å². The second kappa shape index (κ2) is 4.95. The van der Waals surface area contributed by atoms with E-state index in [0.717, 1.165) is 15.7 Å². The first-order chi connectivity index (χ1) is 7.74. The fraction of sp³-hybridized carbons (Fsp3) is 0.364. The van der Waals surface area contributed by atoms with Crippen LogP contribution < -0.4 is 10.6 Å². The molecule has 86 valence electrons. The largest absolute Gasteiger partial charge is 0.383 e. The van der Waals surface area contributed by atoms with Crippen LogP contribution >= 0.6 is 15.9 Å². The molecule has 1 atom stereocenters. The van der Waals surface area contributed by atoms with Gasteiger partial charge in [0.2, 0.25) is 5.91 Å². The molecule has 1 aliphatic rings. The summed E-state index contributed by atoms with van der Waals surface area (Å²) in [6, 6.07) is 5.45. The maximum Gasteiger partial charge on any atom is 0.246 e. The lowest BCUT2D eigenvalue weighted by atomic mass is 10.1. The molecule has 0 bridgehead atoms. The highest BCUT2D eigenvalue weighted by Crippen LogP contribution is 2.36. The Hall–Kier alpha value is -0.910. The van der Waals surface area contributed by atoms with Crippen LogP contribution in [-0.4, -0.2) is 26.2 Å². The highest BCUT2D eigenvalue weighted by Gasteiger charge is 2.31. The summed E-state index contributed by atoms with van der Waals surface area (Å²) in [4.78, 5) is 11.7. The molecule has 1 aromatic carbocycles. The number of carbonyl (C=O) groups excluding carboxylic acids is 1. The van der Waals surface area contributed by atoms with Crippen LogP contribution in [0.3, 0.4) is 0 Å². The molecular formula is C11H13BrN2O2. The molecule has 2 N–H and O–H groups in total. The van der Waals surface area contributed by atoms with Crippen molar-refractivity contribution in [3.05, 3.63) is 28.2 Å². The molecule has 4 nitrogen and oxygen atoms in total. The van der Waals surface area contributed by atoms with Gasteiger partial charge < -0.3 is 10.1 Å². The average Bonchev–Trinajstić information content (AvgIpc) is 2.57. The molecule has 0 spiro atoms. The molecule has 16 heavy (non-hydrogen) atoms. The normalized spacial score (nSPS) is 18.4. The minimum atomic E-state index is -0.291. The lowest BCUT2D eigenvalue weighted by molar-refractivity contribution is -0.117. The Balaban J connectivity index is 2.18. The summed E-state index contributed by atoms with van der Waals surface area (Å²) in [6.07, 6.45) is 0. The van der Waals surface area contributed by atoms with Crippen LogP contribution in [0.1, 0.15) is 11.6 Å². The molecule has 0 radical (unpaired) electrons. The van der Waals surface area contributed by atoms with Gasteiger partial charge in [-0.1, -0.05) is 22.0 Å². The van der Waals surface area contributed by atoms with E-state index in [0.29, 0.717) is 13.2 Å². The van der Waals surface area contributed by atoms with Gasteiger partial charge in [-0.05, 0) is 12.1 Å². The van der Waals surface area contributed by atoms with Gasteiger partial charge >= 0.3 is 0 Å². The summed E-state index contributed by atoms with van der Waals surface area (Å²) in [5.74, 6) is -0.0157. The zero-order chi connectivity index (χ0) is 11.5. The molecule has 1 aromatic rings. The Morgan fingerprint density at radius 2 is 2.38 bits per heavy atom. The number of rotatable bonds is 4. The van der Waals surface area contributed by atoms with Crippen molar-refractivity contribution in [2.45, 2.75) is 6.04 Å². The van der Waals surface area contributed by atoms with Crippen LogP contribution in [-0.2, 0) is 9.53 Å². The van der Waals surface area contributed by atoms with Crippen molar-refractivity contribution in [3.63, 3.8) is 0 Å². The van der Waals surface area contributed by atoms with Gasteiger partial charge in [0, 0.05) is 29.4 Å². The fourth-order valence-corrected chi connectivity index (χ4v) is 2.37. The van der Waals surface area contributed by atoms with E-state index < -0.39 is 0 Å². The second-order valence-corrected chi connectivity index (χ2v) is 4.42. The summed E-state index contributed by atoms with van der Waals surface area (Å²) < 4.78 is 5.89. The van der Waals surface area contributed by atoms with Crippen LogP contribution in [0.4, 0.5) is 5.69 Å². The lowest BCUT2D eigenvalue weighted by Gasteiger charge is -2.12. The predicted molar refractivity (Wildman–Crippen MR) is 65.4 cm³/mol. The number of anilines is 1. The van der Waals surface area contributed by atoms with E-state index in [1.807, 2.05) is 18.2 Å². The van der Waals surface area contributed by atoms with Gasteiger partial charge in [-0.3, -0.25) is 10.1 Å². The number of methoxy groups -OCH3 is 1. The van der Waals surface area contributed by atoms with E-state index in [1.165, 1.54) is 0 Å². The lowest BCUT2D eigenvalue weighted by Crippen LogP contribution is -2.30. The van der Waals surface area contributed by atoms with Crippen LogP contribution in [0.2, 0.25) is 0 Å². The molecule has 1 aliphatic heterocycles. The molecule has 0 saturated carbocycles. The number of amides is 1. The van der Waals surface area contributed by atoms with Crippen LogP contribution in [0, 0.1) is 0 Å². The van der Waals surface area contributed by atoms with Gasteiger partial charge in [-0.2, -0.15) is 0 Å². The third-order valence-corrected chi connectivity index (χ3v) is 3.21. The Bertz CT molecular complexity index is 409. The summed E-state index contributed by atoms with van der Waals surface area (Å²) in [5.41, 5.74) is 1.85. The number of fused-ring (bicyclic) bond motifs is 1. The minimum Gasteiger partial charge on any atom is -0.383 e. The van der Waals surface area contributed by atoms with E-state index in [-0.39, 0.29) is 11.9 Å². The van der Waals surface area contributed by atoms with Crippen molar-refractivity contribution in [2.75, 3.05) is 25.6 Å². The smallest absolute Gasteiger partial charge is 0.246 e. The topological polar surface area (TPSA) is 50.4 Å². The van der Waals surface area contributed by atoms with Gasteiger partial charge in [-0.15, -0.1) is 0 Å². The molecule has 1 heterocycles. The second-order valence-electron chi connectivity index (χ2n) is 3.57. The van der Waals surface area contributed by atoms with Crippen molar-refractivity contribution in [3.8, 4) is 0 Å². The highest BCUT2D eigenvalue weighted by atomic mass is 79.9. The number of ether oxygens (including phenoxy) is 1. The number of hydrogen-bond acceptors (Lipinski definition) is 3. The molecule has 0 saturated heterocycles. The SMILES string of the molecule is COCCNC1C(=O)Nc2cccc(Br)c21. The van der Waals surface area contributed by atoms with E-state index in [9.17, 15) is 4.79 Å². The maximum atomic E-state index is 11.7. The molecule has 0 fully saturated rings.